The Morgan fingerprint density at radius 3 is 2.62 bits per heavy atom. The third-order valence-corrected chi connectivity index (χ3v) is 2.33. The van der Waals surface area contributed by atoms with Crippen molar-refractivity contribution in [2.75, 3.05) is 6.61 Å². The monoisotopic (exact) mass is 240 g/mol. The van der Waals surface area contributed by atoms with Crippen molar-refractivity contribution in [1.82, 2.24) is 0 Å². The Labute approximate surface area is 99.4 Å². The molecule has 0 saturated carbocycles. The molecule has 0 fully saturated rings. The lowest BCUT2D eigenvalue weighted by molar-refractivity contribution is -0.142. The number of halogens is 1. The molecule has 0 saturated heterocycles. The minimum absolute atomic E-state index is 0.0971. The number of rotatable bonds is 4. The van der Waals surface area contributed by atoms with E-state index in [2.05, 4.69) is 0 Å². The SMILES string of the molecule is CCOC(=O)Cc1ccc(Cl)cc1C(C)=O. The van der Waals surface area contributed by atoms with Crippen LogP contribution in [0.3, 0.4) is 0 Å². The first kappa shape index (κ1) is 12.7. The smallest absolute Gasteiger partial charge is 0.310 e. The summed E-state index contributed by atoms with van der Waals surface area (Å²) in [4.78, 5) is 22.7. The summed E-state index contributed by atoms with van der Waals surface area (Å²) in [5.41, 5.74) is 1.12. The van der Waals surface area contributed by atoms with Gasteiger partial charge in [0.25, 0.3) is 0 Å². The molecule has 4 heteroatoms. The molecule has 86 valence electrons. The van der Waals surface area contributed by atoms with E-state index in [1.165, 1.54) is 6.92 Å². The van der Waals surface area contributed by atoms with Gasteiger partial charge in [-0.15, -0.1) is 0 Å². The van der Waals surface area contributed by atoms with E-state index in [-0.39, 0.29) is 18.2 Å². The van der Waals surface area contributed by atoms with E-state index >= 15 is 0 Å². The maximum absolute atomic E-state index is 11.3. The minimum Gasteiger partial charge on any atom is -0.466 e. The van der Waals surface area contributed by atoms with Crippen LogP contribution in [0.1, 0.15) is 29.8 Å². The Morgan fingerprint density at radius 2 is 2.06 bits per heavy atom. The van der Waals surface area contributed by atoms with Crippen molar-refractivity contribution in [1.29, 1.82) is 0 Å². The molecule has 0 bridgehead atoms. The second-order valence-corrected chi connectivity index (χ2v) is 3.78. The summed E-state index contributed by atoms with van der Waals surface area (Å²) < 4.78 is 4.83. The Morgan fingerprint density at radius 1 is 1.38 bits per heavy atom. The summed E-state index contributed by atoms with van der Waals surface area (Å²) in [6.07, 6.45) is 0.0971. The zero-order chi connectivity index (χ0) is 12.1. The highest BCUT2D eigenvalue weighted by Crippen LogP contribution is 2.17. The predicted octanol–water partition coefficient (Wildman–Crippen LogP) is 2.65. The molecule has 16 heavy (non-hydrogen) atoms. The van der Waals surface area contributed by atoms with Crippen LogP contribution < -0.4 is 0 Å². The van der Waals surface area contributed by atoms with Gasteiger partial charge in [-0.05, 0) is 31.5 Å². The molecule has 0 heterocycles. The highest BCUT2D eigenvalue weighted by atomic mass is 35.5. The normalized spacial score (nSPS) is 9.94. The molecule has 0 aromatic heterocycles. The molecule has 1 aromatic carbocycles. The fourth-order valence-corrected chi connectivity index (χ4v) is 1.57. The van der Waals surface area contributed by atoms with Gasteiger partial charge in [-0.1, -0.05) is 17.7 Å². The molecule has 0 spiro atoms. The van der Waals surface area contributed by atoms with Crippen LogP contribution in [0.5, 0.6) is 0 Å². The lowest BCUT2D eigenvalue weighted by Gasteiger charge is -2.07. The first-order chi connectivity index (χ1) is 7.54. The number of benzene rings is 1. The first-order valence-electron chi connectivity index (χ1n) is 4.99. The van der Waals surface area contributed by atoms with Crippen LogP contribution in [0.25, 0.3) is 0 Å². The van der Waals surface area contributed by atoms with Crippen molar-refractivity contribution in [2.24, 2.45) is 0 Å². The Bertz CT molecular complexity index is 413. The van der Waals surface area contributed by atoms with Crippen LogP contribution >= 0.6 is 11.6 Å². The van der Waals surface area contributed by atoms with E-state index < -0.39 is 0 Å². The number of carbonyl (C=O) groups excluding carboxylic acids is 2. The topological polar surface area (TPSA) is 43.4 Å². The van der Waals surface area contributed by atoms with E-state index in [1.807, 2.05) is 0 Å². The molecule has 0 aliphatic carbocycles. The molecule has 0 aliphatic heterocycles. The number of ketones is 1. The van der Waals surface area contributed by atoms with Gasteiger partial charge in [-0.3, -0.25) is 9.59 Å². The van der Waals surface area contributed by atoms with E-state index in [0.29, 0.717) is 22.8 Å². The molecular formula is C12H13ClO3. The standard InChI is InChI=1S/C12H13ClO3/c1-3-16-12(15)6-9-4-5-10(13)7-11(9)8(2)14/h4-5,7H,3,6H2,1-2H3. The molecule has 0 radical (unpaired) electrons. The largest absolute Gasteiger partial charge is 0.466 e. The third-order valence-electron chi connectivity index (χ3n) is 2.09. The van der Waals surface area contributed by atoms with E-state index in [0.717, 1.165) is 0 Å². The van der Waals surface area contributed by atoms with Gasteiger partial charge in [-0.2, -0.15) is 0 Å². The quantitative estimate of drug-likeness (QED) is 0.600. The number of ether oxygens (including phenoxy) is 1. The van der Waals surface area contributed by atoms with Crippen LogP contribution in [0, 0.1) is 0 Å². The van der Waals surface area contributed by atoms with Gasteiger partial charge in [0.05, 0.1) is 13.0 Å². The fourth-order valence-electron chi connectivity index (χ4n) is 1.40. The average molecular weight is 241 g/mol. The molecule has 3 nitrogen and oxygen atoms in total. The lowest BCUT2D eigenvalue weighted by Crippen LogP contribution is -2.10. The van der Waals surface area contributed by atoms with Crippen molar-refractivity contribution in [3.05, 3.63) is 34.3 Å². The molecule has 1 aromatic rings. The molecular weight excluding hydrogens is 228 g/mol. The van der Waals surface area contributed by atoms with Gasteiger partial charge in [0.2, 0.25) is 0 Å². The van der Waals surface area contributed by atoms with E-state index in [4.69, 9.17) is 16.3 Å². The maximum Gasteiger partial charge on any atom is 0.310 e. The third kappa shape index (κ3) is 3.35. The van der Waals surface area contributed by atoms with Crippen LogP contribution in [0.15, 0.2) is 18.2 Å². The van der Waals surface area contributed by atoms with Crippen LogP contribution in [-0.2, 0) is 16.0 Å². The molecule has 0 unspecified atom stereocenters. The molecule has 0 amide bonds. The van der Waals surface area contributed by atoms with Crippen LogP contribution in [0.4, 0.5) is 0 Å². The first-order valence-corrected chi connectivity index (χ1v) is 5.37. The van der Waals surface area contributed by atoms with Gasteiger partial charge in [0, 0.05) is 10.6 Å². The summed E-state index contributed by atoms with van der Waals surface area (Å²) in [6, 6.07) is 4.90. The van der Waals surface area contributed by atoms with Crippen molar-refractivity contribution >= 4 is 23.4 Å². The molecule has 0 atom stereocenters. The number of Topliss-reactive ketones (excluding diaryl/α,β-unsaturated/α-hetero) is 1. The van der Waals surface area contributed by atoms with Gasteiger partial charge in [-0.25, -0.2) is 0 Å². The second kappa shape index (κ2) is 5.66. The van der Waals surface area contributed by atoms with Gasteiger partial charge in [0.1, 0.15) is 0 Å². The van der Waals surface area contributed by atoms with Crippen molar-refractivity contribution in [3.8, 4) is 0 Å². The van der Waals surface area contributed by atoms with Crippen LogP contribution in [0.2, 0.25) is 5.02 Å². The Hall–Kier alpha value is -1.35. The second-order valence-electron chi connectivity index (χ2n) is 3.34. The zero-order valence-electron chi connectivity index (χ0n) is 9.25. The van der Waals surface area contributed by atoms with Gasteiger partial charge in [0.15, 0.2) is 5.78 Å². The molecule has 0 aliphatic rings. The van der Waals surface area contributed by atoms with Crippen molar-refractivity contribution in [3.63, 3.8) is 0 Å². The molecule has 0 N–H and O–H groups in total. The fraction of sp³-hybridized carbons (Fsp3) is 0.333. The Balaban J connectivity index is 2.95. The lowest BCUT2D eigenvalue weighted by atomic mass is 10.0. The summed E-state index contributed by atoms with van der Waals surface area (Å²) in [6.45, 7) is 3.52. The van der Waals surface area contributed by atoms with E-state index in [9.17, 15) is 9.59 Å². The van der Waals surface area contributed by atoms with E-state index in [1.54, 1.807) is 25.1 Å². The van der Waals surface area contributed by atoms with Gasteiger partial charge < -0.3 is 4.74 Å². The highest BCUT2D eigenvalue weighted by molar-refractivity contribution is 6.31. The minimum atomic E-state index is -0.340. The summed E-state index contributed by atoms with van der Waals surface area (Å²) >= 11 is 5.79. The summed E-state index contributed by atoms with van der Waals surface area (Å²) in [5, 5.41) is 0.484. The molecule has 1 rings (SSSR count). The summed E-state index contributed by atoms with van der Waals surface area (Å²) in [7, 11) is 0. The number of hydrogen-bond acceptors (Lipinski definition) is 3. The number of esters is 1. The Kier molecular flexibility index (Phi) is 4.50. The number of carbonyl (C=O) groups is 2. The van der Waals surface area contributed by atoms with Crippen molar-refractivity contribution < 1.29 is 14.3 Å². The predicted molar refractivity (Wildman–Crippen MR) is 61.8 cm³/mol. The van der Waals surface area contributed by atoms with Crippen molar-refractivity contribution in [2.45, 2.75) is 20.3 Å². The maximum atomic E-state index is 11.3. The van der Waals surface area contributed by atoms with Gasteiger partial charge >= 0.3 is 5.97 Å². The number of hydrogen-bond donors (Lipinski definition) is 0. The van der Waals surface area contributed by atoms with Crippen LogP contribution in [-0.4, -0.2) is 18.4 Å². The highest BCUT2D eigenvalue weighted by Gasteiger charge is 2.12. The summed E-state index contributed by atoms with van der Waals surface area (Å²) in [5.74, 6) is -0.450. The zero-order valence-corrected chi connectivity index (χ0v) is 10.0. The average Bonchev–Trinajstić information content (AvgIpc) is 2.20.